The standard InChI is InChI=1S/C8H14N2S/c1-7(2)6-10-5-4-9-8(10)11-3/h4-5,7H,6H2,1-3H3. The van der Waals surface area contributed by atoms with E-state index in [1.807, 2.05) is 12.4 Å². The van der Waals surface area contributed by atoms with Crippen LogP contribution in [-0.2, 0) is 6.54 Å². The first-order chi connectivity index (χ1) is 5.24. The van der Waals surface area contributed by atoms with Crippen LogP contribution >= 0.6 is 11.8 Å². The largest absolute Gasteiger partial charge is 0.326 e. The average molecular weight is 170 g/mol. The number of aromatic nitrogens is 2. The molecule has 0 fully saturated rings. The van der Waals surface area contributed by atoms with Crippen LogP contribution in [0.2, 0.25) is 0 Å². The molecule has 11 heavy (non-hydrogen) atoms. The minimum absolute atomic E-state index is 0.690. The molecule has 1 aromatic heterocycles. The van der Waals surface area contributed by atoms with E-state index in [-0.39, 0.29) is 0 Å². The summed E-state index contributed by atoms with van der Waals surface area (Å²) in [4.78, 5) is 4.21. The maximum atomic E-state index is 4.21. The Balaban J connectivity index is 2.68. The quantitative estimate of drug-likeness (QED) is 0.648. The van der Waals surface area contributed by atoms with Crippen molar-refractivity contribution in [2.75, 3.05) is 6.26 Å². The Labute approximate surface area is 72.0 Å². The third-order valence-corrected chi connectivity index (χ3v) is 2.13. The van der Waals surface area contributed by atoms with Gasteiger partial charge in [0.15, 0.2) is 5.16 Å². The summed E-state index contributed by atoms with van der Waals surface area (Å²) in [7, 11) is 0. The third-order valence-electron chi connectivity index (χ3n) is 1.42. The third kappa shape index (κ3) is 2.26. The van der Waals surface area contributed by atoms with Crippen molar-refractivity contribution in [2.45, 2.75) is 25.5 Å². The van der Waals surface area contributed by atoms with Crippen LogP contribution in [0.5, 0.6) is 0 Å². The molecule has 0 saturated carbocycles. The van der Waals surface area contributed by atoms with E-state index < -0.39 is 0 Å². The first kappa shape index (κ1) is 8.65. The minimum Gasteiger partial charge on any atom is -0.326 e. The zero-order valence-corrected chi connectivity index (χ0v) is 8.06. The lowest BCUT2D eigenvalue weighted by atomic mass is 10.2. The van der Waals surface area contributed by atoms with Gasteiger partial charge in [-0.05, 0) is 12.2 Å². The van der Waals surface area contributed by atoms with Crippen molar-refractivity contribution in [1.29, 1.82) is 0 Å². The Bertz CT molecular complexity index is 218. The summed E-state index contributed by atoms with van der Waals surface area (Å²) >= 11 is 1.70. The fourth-order valence-corrected chi connectivity index (χ4v) is 1.55. The SMILES string of the molecule is CSc1nccn1CC(C)C. The van der Waals surface area contributed by atoms with E-state index in [1.165, 1.54) is 0 Å². The summed E-state index contributed by atoms with van der Waals surface area (Å²) in [5, 5.41) is 1.11. The molecule has 0 atom stereocenters. The molecule has 62 valence electrons. The molecule has 2 nitrogen and oxygen atoms in total. The van der Waals surface area contributed by atoms with Crippen molar-refractivity contribution in [2.24, 2.45) is 5.92 Å². The fourth-order valence-electron chi connectivity index (χ4n) is 1.02. The van der Waals surface area contributed by atoms with Gasteiger partial charge in [0.05, 0.1) is 0 Å². The van der Waals surface area contributed by atoms with Gasteiger partial charge in [0.1, 0.15) is 0 Å². The van der Waals surface area contributed by atoms with E-state index in [4.69, 9.17) is 0 Å². The van der Waals surface area contributed by atoms with Crippen LogP contribution in [0.3, 0.4) is 0 Å². The van der Waals surface area contributed by atoms with Crippen LogP contribution in [0.1, 0.15) is 13.8 Å². The normalized spacial score (nSPS) is 10.9. The molecule has 1 aromatic rings. The van der Waals surface area contributed by atoms with Gasteiger partial charge in [-0.3, -0.25) is 0 Å². The summed E-state index contributed by atoms with van der Waals surface area (Å²) in [6, 6.07) is 0. The topological polar surface area (TPSA) is 17.8 Å². The van der Waals surface area contributed by atoms with Crippen LogP contribution in [0.25, 0.3) is 0 Å². The van der Waals surface area contributed by atoms with E-state index in [0.29, 0.717) is 5.92 Å². The summed E-state index contributed by atoms with van der Waals surface area (Å²) in [5.74, 6) is 0.690. The highest BCUT2D eigenvalue weighted by Crippen LogP contribution is 2.12. The molecular formula is C8H14N2S. The van der Waals surface area contributed by atoms with Crippen LogP contribution in [0, 0.1) is 5.92 Å². The zero-order chi connectivity index (χ0) is 8.27. The number of hydrogen-bond donors (Lipinski definition) is 0. The Morgan fingerprint density at radius 1 is 1.64 bits per heavy atom. The molecule has 1 heterocycles. The monoisotopic (exact) mass is 170 g/mol. The first-order valence-electron chi connectivity index (χ1n) is 3.79. The van der Waals surface area contributed by atoms with Gasteiger partial charge in [-0.15, -0.1) is 0 Å². The summed E-state index contributed by atoms with van der Waals surface area (Å²) in [6.07, 6.45) is 5.94. The number of thioether (sulfide) groups is 1. The van der Waals surface area contributed by atoms with Crippen LogP contribution < -0.4 is 0 Å². The number of nitrogens with zero attached hydrogens (tertiary/aromatic N) is 2. The molecule has 0 aliphatic heterocycles. The molecule has 0 aliphatic rings. The molecule has 0 saturated heterocycles. The van der Waals surface area contributed by atoms with Crippen LogP contribution in [0.4, 0.5) is 0 Å². The lowest BCUT2D eigenvalue weighted by molar-refractivity contribution is 0.494. The number of hydrogen-bond acceptors (Lipinski definition) is 2. The molecule has 0 spiro atoms. The minimum atomic E-state index is 0.690. The maximum absolute atomic E-state index is 4.21. The highest BCUT2D eigenvalue weighted by atomic mass is 32.2. The molecule has 0 amide bonds. The van der Waals surface area contributed by atoms with E-state index in [0.717, 1.165) is 11.7 Å². The Hall–Kier alpha value is -0.440. The van der Waals surface area contributed by atoms with E-state index >= 15 is 0 Å². The molecule has 3 heteroatoms. The van der Waals surface area contributed by atoms with Crippen molar-refractivity contribution in [3.8, 4) is 0 Å². The second-order valence-corrected chi connectivity index (χ2v) is 3.73. The van der Waals surface area contributed by atoms with Gasteiger partial charge in [0, 0.05) is 18.9 Å². The maximum Gasteiger partial charge on any atom is 0.167 e. The molecule has 1 rings (SSSR count). The molecule has 0 aliphatic carbocycles. The second kappa shape index (κ2) is 3.81. The lowest BCUT2D eigenvalue weighted by Gasteiger charge is -2.07. The van der Waals surface area contributed by atoms with Gasteiger partial charge in [-0.25, -0.2) is 4.98 Å². The van der Waals surface area contributed by atoms with Crippen molar-refractivity contribution in [3.63, 3.8) is 0 Å². The van der Waals surface area contributed by atoms with Crippen molar-refractivity contribution in [3.05, 3.63) is 12.4 Å². The summed E-state index contributed by atoms with van der Waals surface area (Å²) in [6.45, 7) is 5.49. The average Bonchev–Trinajstić information content (AvgIpc) is 2.34. The molecule has 0 bridgehead atoms. The highest BCUT2D eigenvalue weighted by molar-refractivity contribution is 7.98. The highest BCUT2D eigenvalue weighted by Gasteiger charge is 2.01. The smallest absolute Gasteiger partial charge is 0.167 e. The fraction of sp³-hybridized carbons (Fsp3) is 0.625. The lowest BCUT2D eigenvalue weighted by Crippen LogP contribution is -2.03. The Morgan fingerprint density at radius 3 is 2.91 bits per heavy atom. The Kier molecular flexibility index (Phi) is 3.00. The van der Waals surface area contributed by atoms with E-state index in [9.17, 15) is 0 Å². The number of rotatable bonds is 3. The van der Waals surface area contributed by atoms with Gasteiger partial charge in [0.25, 0.3) is 0 Å². The molecule has 0 unspecified atom stereocenters. The van der Waals surface area contributed by atoms with E-state index in [2.05, 4.69) is 29.7 Å². The predicted molar refractivity (Wildman–Crippen MR) is 48.8 cm³/mol. The summed E-state index contributed by atoms with van der Waals surface area (Å²) in [5.41, 5.74) is 0. The van der Waals surface area contributed by atoms with Crippen LogP contribution in [-0.4, -0.2) is 15.8 Å². The van der Waals surface area contributed by atoms with Gasteiger partial charge < -0.3 is 4.57 Å². The molecular weight excluding hydrogens is 156 g/mol. The van der Waals surface area contributed by atoms with Crippen molar-refractivity contribution in [1.82, 2.24) is 9.55 Å². The van der Waals surface area contributed by atoms with Gasteiger partial charge in [-0.2, -0.15) is 0 Å². The molecule has 0 N–H and O–H groups in total. The van der Waals surface area contributed by atoms with Crippen molar-refractivity contribution < 1.29 is 0 Å². The zero-order valence-electron chi connectivity index (χ0n) is 7.24. The number of imidazole rings is 1. The Morgan fingerprint density at radius 2 is 2.36 bits per heavy atom. The van der Waals surface area contributed by atoms with Crippen molar-refractivity contribution >= 4 is 11.8 Å². The predicted octanol–water partition coefficient (Wildman–Crippen LogP) is 2.26. The van der Waals surface area contributed by atoms with Crippen LogP contribution in [0.15, 0.2) is 17.6 Å². The first-order valence-corrected chi connectivity index (χ1v) is 5.01. The van der Waals surface area contributed by atoms with Gasteiger partial charge >= 0.3 is 0 Å². The molecule has 0 aromatic carbocycles. The van der Waals surface area contributed by atoms with Gasteiger partial charge in [-0.1, -0.05) is 25.6 Å². The van der Waals surface area contributed by atoms with Gasteiger partial charge in [0.2, 0.25) is 0 Å². The summed E-state index contributed by atoms with van der Waals surface area (Å²) < 4.78 is 2.19. The second-order valence-electron chi connectivity index (χ2n) is 2.96. The molecule has 0 radical (unpaired) electrons. The van der Waals surface area contributed by atoms with E-state index in [1.54, 1.807) is 11.8 Å².